The lowest BCUT2D eigenvalue weighted by atomic mass is 10.1. The summed E-state index contributed by atoms with van der Waals surface area (Å²) in [5.74, 6) is -1.54. The molecule has 0 bridgehead atoms. The van der Waals surface area contributed by atoms with Gasteiger partial charge in [0.2, 0.25) is 13.4 Å². The fourth-order valence-corrected chi connectivity index (χ4v) is 2.22. The molecule has 0 saturated carbocycles. The predicted molar refractivity (Wildman–Crippen MR) is 86.9 cm³/mol. The van der Waals surface area contributed by atoms with Crippen LogP contribution in [0.4, 0.5) is 8.78 Å². The minimum atomic E-state index is -1.04. The summed E-state index contributed by atoms with van der Waals surface area (Å²) in [6.45, 7) is 1.02. The van der Waals surface area contributed by atoms with Gasteiger partial charge in [0.05, 0.1) is 5.71 Å². The summed E-state index contributed by atoms with van der Waals surface area (Å²) in [5, 5.41) is 3.83. The molecular formula is C18H15F2NO5. The zero-order chi connectivity index (χ0) is 18.5. The zero-order valence-corrected chi connectivity index (χ0v) is 13.8. The number of esters is 1. The Balaban J connectivity index is 1.49. The van der Waals surface area contributed by atoms with Crippen molar-refractivity contribution in [1.82, 2.24) is 0 Å². The molecule has 0 fully saturated rings. The van der Waals surface area contributed by atoms with Crippen molar-refractivity contribution in [3.63, 3.8) is 0 Å². The van der Waals surface area contributed by atoms with E-state index in [1.165, 1.54) is 12.1 Å². The third kappa shape index (κ3) is 4.08. The van der Waals surface area contributed by atoms with E-state index in [-0.39, 0.29) is 12.4 Å². The highest BCUT2D eigenvalue weighted by Crippen LogP contribution is 2.32. The maximum Gasteiger partial charge on any atom is 0.347 e. The number of benzene rings is 2. The number of rotatable bonds is 6. The van der Waals surface area contributed by atoms with Gasteiger partial charge in [-0.3, -0.25) is 0 Å². The van der Waals surface area contributed by atoms with Crippen molar-refractivity contribution in [2.24, 2.45) is 5.16 Å². The van der Waals surface area contributed by atoms with Gasteiger partial charge in [-0.2, -0.15) is 0 Å². The summed E-state index contributed by atoms with van der Waals surface area (Å²) < 4.78 is 41.8. The van der Waals surface area contributed by atoms with Crippen molar-refractivity contribution in [1.29, 1.82) is 0 Å². The Kier molecular flexibility index (Phi) is 5.31. The maximum absolute atomic E-state index is 13.5. The Morgan fingerprint density at radius 3 is 2.85 bits per heavy atom. The van der Waals surface area contributed by atoms with Crippen LogP contribution in [0.5, 0.6) is 11.5 Å². The lowest BCUT2D eigenvalue weighted by molar-refractivity contribution is -0.150. The number of fused-ring (bicyclic) bond motifs is 1. The van der Waals surface area contributed by atoms with E-state index < -0.39 is 30.8 Å². The van der Waals surface area contributed by atoms with Gasteiger partial charge in [-0.25, -0.2) is 13.6 Å². The second-order valence-electron chi connectivity index (χ2n) is 5.39. The van der Waals surface area contributed by atoms with E-state index in [0.29, 0.717) is 17.2 Å². The highest BCUT2D eigenvalue weighted by Gasteiger charge is 2.14. The molecule has 0 saturated heterocycles. The predicted octanol–water partition coefficient (Wildman–Crippen LogP) is 3.18. The number of nitrogens with zero attached hydrogens (tertiary/aromatic N) is 1. The first-order chi connectivity index (χ1) is 12.5. The molecule has 0 atom stereocenters. The quantitative estimate of drug-likeness (QED) is 0.448. The summed E-state index contributed by atoms with van der Waals surface area (Å²) in [7, 11) is 0. The molecule has 1 aliphatic heterocycles. The van der Waals surface area contributed by atoms with Crippen LogP contribution < -0.4 is 9.47 Å². The molecule has 0 spiro atoms. The molecule has 0 amide bonds. The van der Waals surface area contributed by atoms with Crippen molar-refractivity contribution < 1.29 is 32.6 Å². The lowest BCUT2D eigenvalue weighted by Crippen LogP contribution is -2.12. The van der Waals surface area contributed by atoms with Crippen LogP contribution in [-0.4, -0.2) is 25.1 Å². The first kappa shape index (κ1) is 17.7. The van der Waals surface area contributed by atoms with E-state index in [4.69, 9.17) is 19.0 Å². The highest BCUT2D eigenvalue weighted by molar-refractivity contribution is 5.99. The monoisotopic (exact) mass is 363 g/mol. The van der Waals surface area contributed by atoms with Gasteiger partial charge in [0.25, 0.3) is 0 Å². The van der Waals surface area contributed by atoms with Gasteiger partial charge in [0, 0.05) is 11.1 Å². The Morgan fingerprint density at radius 1 is 1.19 bits per heavy atom. The molecule has 8 heteroatoms. The summed E-state index contributed by atoms with van der Waals surface area (Å²) in [4.78, 5) is 16.6. The van der Waals surface area contributed by atoms with Crippen molar-refractivity contribution >= 4 is 11.7 Å². The largest absolute Gasteiger partial charge is 0.458 e. The van der Waals surface area contributed by atoms with Crippen LogP contribution in [0.2, 0.25) is 0 Å². The van der Waals surface area contributed by atoms with Crippen LogP contribution in [0.25, 0.3) is 0 Å². The summed E-state index contributed by atoms with van der Waals surface area (Å²) in [6, 6.07) is 8.91. The first-order valence-corrected chi connectivity index (χ1v) is 7.69. The molecule has 0 aliphatic carbocycles. The molecule has 2 aromatic rings. The topological polar surface area (TPSA) is 66.4 Å². The van der Waals surface area contributed by atoms with Gasteiger partial charge in [0.15, 0.2) is 23.1 Å². The molecule has 1 heterocycles. The number of hydrogen-bond acceptors (Lipinski definition) is 6. The number of carbonyl (C=O) groups is 1. The van der Waals surface area contributed by atoms with E-state index in [0.717, 1.165) is 11.6 Å². The molecule has 6 nitrogen and oxygen atoms in total. The third-order valence-electron chi connectivity index (χ3n) is 3.59. The summed E-state index contributed by atoms with van der Waals surface area (Å²) in [6.07, 6.45) is 0. The van der Waals surface area contributed by atoms with Crippen molar-refractivity contribution in [3.05, 3.63) is 59.2 Å². The minimum Gasteiger partial charge on any atom is -0.458 e. The molecule has 3 rings (SSSR count). The van der Waals surface area contributed by atoms with Crippen LogP contribution >= 0.6 is 0 Å². The van der Waals surface area contributed by atoms with Gasteiger partial charge in [0.1, 0.15) is 6.61 Å². The molecule has 0 radical (unpaired) electrons. The van der Waals surface area contributed by atoms with Gasteiger partial charge in [-0.05, 0) is 31.2 Å². The summed E-state index contributed by atoms with van der Waals surface area (Å²) >= 11 is 0. The van der Waals surface area contributed by atoms with Gasteiger partial charge >= 0.3 is 5.97 Å². The molecule has 0 unspecified atom stereocenters. The highest BCUT2D eigenvalue weighted by atomic mass is 19.2. The molecule has 1 aliphatic rings. The molecule has 136 valence electrons. The van der Waals surface area contributed by atoms with E-state index >= 15 is 0 Å². The Hall–Kier alpha value is -3.16. The van der Waals surface area contributed by atoms with Gasteiger partial charge in [-0.1, -0.05) is 17.3 Å². The van der Waals surface area contributed by atoms with Gasteiger partial charge in [-0.15, -0.1) is 0 Å². The summed E-state index contributed by atoms with van der Waals surface area (Å²) in [5.41, 5.74) is 1.20. The average Bonchev–Trinajstić information content (AvgIpc) is 3.10. The van der Waals surface area contributed by atoms with Crippen LogP contribution in [0, 0.1) is 11.6 Å². The van der Waals surface area contributed by atoms with E-state index in [2.05, 4.69) is 5.16 Å². The fourth-order valence-electron chi connectivity index (χ4n) is 2.22. The SMILES string of the molecule is C/C(=N\OCC(=O)OCc1cccc(F)c1F)c1ccc2c(c1)OCO2. The smallest absolute Gasteiger partial charge is 0.347 e. The van der Waals surface area contributed by atoms with Crippen LogP contribution in [0.15, 0.2) is 41.6 Å². The Labute approximate surface area is 147 Å². The van der Waals surface area contributed by atoms with E-state index in [1.807, 2.05) is 0 Å². The van der Waals surface area contributed by atoms with Crippen LogP contribution in [0.3, 0.4) is 0 Å². The second kappa shape index (κ2) is 7.81. The first-order valence-electron chi connectivity index (χ1n) is 7.69. The maximum atomic E-state index is 13.5. The van der Waals surface area contributed by atoms with E-state index in [1.54, 1.807) is 25.1 Å². The lowest BCUT2D eigenvalue weighted by Gasteiger charge is -2.06. The molecule has 0 N–H and O–H groups in total. The molecule has 0 aromatic heterocycles. The normalized spacial score (nSPS) is 12.8. The standard InChI is InChI=1S/C18H15F2NO5/c1-11(12-5-6-15-16(7-12)25-10-24-15)21-26-9-17(22)23-8-13-3-2-4-14(19)18(13)20/h2-7H,8-10H2,1H3/b21-11+. The molecular weight excluding hydrogens is 348 g/mol. The number of hydrogen-bond donors (Lipinski definition) is 0. The molecule has 26 heavy (non-hydrogen) atoms. The van der Waals surface area contributed by atoms with Crippen molar-refractivity contribution in [3.8, 4) is 11.5 Å². The number of oxime groups is 1. The number of halogens is 2. The Bertz CT molecular complexity index is 853. The fraction of sp³-hybridized carbons (Fsp3) is 0.222. The minimum absolute atomic E-state index is 0.0570. The van der Waals surface area contributed by atoms with Gasteiger partial charge < -0.3 is 19.0 Å². The second-order valence-corrected chi connectivity index (χ2v) is 5.39. The van der Waals surface area contributed by atoms with Crippen LogP contribution in [0.1, 0.15) is 18.1 Å². The molecule has 2 aromatic carbocycles. The number of ether oxygens (including phenoxy) is 3. The van der Waals surface area contributed by atoms with Crippen molar-refractivity contribution in [2.45, 2.75) is 13.5 Å². The van der Waals surface area contributed by atoms with Crippen LogP contribution in [-0.2, 0) is 21.0 Å². The zero-order valence-electron chi connectivity index (χ0n) is 13.8. The Morgan fingerprint density at radius 2 is 2.00 bits per heavy atom. The number of carbonyl (C=O) groups excluding carboxylic acids is 1. The average molecular weight is 363 g/mol. The van der Waals surface area contributed by atoms with E-state index in [9.17, 15) is 13.6 Å². The third-order valence-corrected chi connectivity index (χ3v) is 3.59. The van der Waals surface area contributed by atoms with Crippen molar-refractivity contribution in [2.75, 3.05) is 13.4 Å².